The number of methoxy groups -OCH3 is 2. The Balaban J connectivity index is 1.80. The summed E-state index contributed by atoms with van der Waals surface area (Å²) in [6.07, 6.45) is -3.44. The lowest BCUT2D eigenvalue weighted by Crippen LogP contribution is -2.48. The number of phenols is 1. The molecule has 0 aliphatic carbocycles. The van der Waals surface area contributed by atoms with Gasteiger partial charge in [-0.05, 0) is 93.2 Å². The standard InChI is InChI=1S/C25H21F3I2N2O6/c1-36-17-4-3-15(31-12-17)10-14-11-16(5-6-21(14)33)38-22-18(29)7-13(8-19(22)30)9-20(23(34)37-2)32-24(35)25(26,27)28/h3-8,11-12,20,33H,9-10H2,1-2H3,(H,32,35)/t20-/m0/s1. The number of carbonyl (C=O) groups excluding carboxylic acids is 2. The van der Waals surface area contributed by atoms with E-state index < -0.39 is 24.1 Å². The Bertz CT molecular complexity index is 1300. The molecule has 1 aromatic heterocycles. The maximum absolute atomic E-state index is 12.7. The zero-order valence-electron chi connectivity index (χ0n) is 19.9. The number of pyridine rings is 1. The predicted molar refractivity (Wildman–Crippen MR) is 147 cm³/mol. The molecule has 2 aromatic carbocycles. The van der Waals surface area contributed by atoms with Gasteiger partial charge in [-0.3, -0.25) is 9.78 Å². The lowest BCUT2D eigenvalue weighted by molar-refractivity contribution is -0.175. The molecule has 38 heavy (non-hydrogen) atoms. The molecule has 0 radical (unpaired) electrons. The van der Waals surface area contributed by atoms with Crippen molar-refractivity contribution in [1.29, 1.82) is 0 Å². The highest BCUT2D eigenvalue weighted by Crippen LogP contribution is 2.35. The number of esters is 1. The largest absolute Gasteiger partial charge is 0.508 e. The average molecular weight is 756 g/mol. The fourth-order valence-corrected chi connectivity index (χ4v) is 5.47. The molecule has 202 valence electrons. The van der Waals surface area contributed by atoms with Crippen LogP contribution in [0.4, 0.5) is 13.2 Å². The maximum Gasteiger partial charge on any atom is 0.471 e. The Morgan fingerprint density at radius 3 is 2.26 bits per heavy atom. The van der Waals surface area contributed by atoms with Gasteiger partial charge in [0.2, 0.25) is 0 Å². The molecule has 0 unspecified atom stereocenters. The number of hydrogen-bond donors (Lipinski definition) is 2. The Kier molecular flexibility index (Phi) is 10.0. The van der Waals surface area contributed by atoms with Crippen molar-refractivity contribution in [3.8, 4) is 23.0 Å². The Hall–Kier alpha value is -2.82. The van der Waals surface area contributed by atoms with Crippen molar-refractivity contribution < 1.29 is 42.1 Å². The van der Waals surface area contributed by atoms with Gasteiger partial charge in [0.15, 0.2) is 5.75 Å². The quantitative estimate of drug-likeness (QED) is 0.230. The van der Waals surface area contributed by atoms with Crippen molar-refractivity contribution in [3.05, 3.63) is 72.6 Å². The smallest absolute Gasteiger partial charge is 0.471 e. The number of benzene rings is 2. The van der Waals surface area contributed by atoms with E-state index in [0.717, 1.165) is 7.11 Å². The van der Waals surface area contributed by atoms with Crippen LogP contribution in [0.2, 0.25) is 0 Å². The molecule has 1 atom stereocenters. The van der Waals surface area contributed by atoms with E-state index in [4.69, 9.17) is 9.47 Å². The van der Waals surface area contributed by atoms with E-state index in [1.54, 1.807) is 55.0 Å². The van der Waals surface area contributed by atoms with E-state index >= 15 is 0 Å². The van der Waals surface area contributed by atoms with Crippen LogP contribution in [-0.4, -0.2) is 48.4 Å². The van der Waals surface area contributed by atoms with Gasteiger partial charge in [-0.2, -0.15) is 13.2 Å². The molecule has 3 rings (SSSR count). The maximum atomic E-state index is 12.7. The van der Waals surface area contributed by atoms with Gasteiger partial charge in [-0.15, -0.1) is 0 Å². The first-order valence-corrected chi connectivity index (χ1v) is 13.0. The first-order valence-electron chi connectivity index (χ1n) is 10.8. The molecule has 2 N–H and O–H groups in total. The lowest BCUT2D eigenvalue weighted by atomic mass is 10.1. The molecule has 8 nitrogen and oxygen atoms in total. The van der Waals surface area contributed by atoms with Gasteiger partial charge >= 0.3 is 18.1 Å². The molecule has 1 amide bonds. The number of phenolic OH excluding ortho intramolecular Hbond substituents is 1. The average Bonchev–Trinajstić information content (AvgIpc) is 2.87. The molecular weight excluding hydrogens is 735 g/mol. The molecule has 0 aliphatic rings. The molecule has 0 saturated carbocycles. The van der Waals surface area contributed by atoms with Crippen LogP contribution in [0.1, 0.15) is 16.8 Å². The number of aromatic nitrogens is 1. The number of aromatic hydroxyl groups is 1. The summed E-state index contributed by atoms with van der Waals surface area (Å²) in [4.78, 5) is 27.7. The van der Waals surface area contributed by atoms with Gasteiger partial charge in [-0.1, -0.05) is 0 Å². The fraction of sp³-hybridized carbons (Fsp3) is 0.240. The number of rotatable bonds is 9. The van der Waals surface area contributed by atoms with Gasteiger partial charge in [0.1, 0.15) is 23.3 Å². The van der Waals surface area contributed by atoms with Crippen LogP contribution in [0.5, 0.6) is 23.0 Å². The third-order valence-electron chi connectivity index (χ3n) is 5.22. The second-order valence-corrected chi connectivity index (χ2v) is 10.2. The fourth-order valence-electron chi connectivity index (χ4n) is 3.36. The van der Waals surface area contributed by atoms with Crippen molar-refractivity contribution in [2.24, 2.45) is 0 Å². The van der Waals surface area contributed by atoms with Gasteiger partial charge in [-0.25, -0.2) is 4.79 Å². The molecule has 0 bridgehead atoms. The van der Waals surface area contributed by atoms with Crippen LogP contribution < -0.4 is 14.8 Å². The lowest BCUT2D eigenvalue weighted by Gasteiger charge is -2.19. The van der Waals surface area contributed by atoms with E-state index in [0.29, 0.717) is 47.6 Å². The van der Waals surface area contributed by atoms with Crippen LogP contribution in [0.15, 0.2) is 48.7 Å². The van der Waals surface area contributed by atoms with Crippen LogP contribution >= 0.6 is 45.2 Å². The number of halogens is 5. The zero-order valence-corrected chi connectivity index (χ0v) is 24.3. The molecule has 0 spiro atoms. The summed E-state index contributed by atoms with van der Waals surface area (Å²) in [5, 5.41) is 12.0. The van der Waals surface area contributed by atoms with Gasteiger partial charge in [0.05, 0.1) is 27.6 Å². The van der Waals surface area contributed by atoms with Crippen molar-refractivity contribution in [2.45, 2.75) is 25.1 Å². The molecule has 3 aromatic rings. The summed E-state index contributed by atoms with van der Waals surface area (Å²) in [5.74, 6) is -1.63. The highest BCUT2D eigenvalue weighted by atomic mass is 127. The second-order valence-electron chi connectivity index (χ2n) is 7.90. The summed E-state index contributed by atoms with van der Waals surface area (Å²) >= 11 is 4.01. The third-order valence-corrected chi connectivity index (χ3v) is 6.82. The monoisotopic (exact) mass is 756 g/mol. The molecular formula is C25H21F3I2N2O6. The van der Waals surface area contributed by atoms with Gasteiger partial charge in [0.25, 0.3) is 0 Å². The number of carbonyl (C=O) groups is 2. The van der Waals surface area contributed by atoms with Crippen LogP contribution in [0.3, 0.4) is 0 Å². The number of amides is 1. The number of nitrogens with one attached hydrogen (secondary N) is 1. The number of hydrogen-bond acceptors (Lipinski definition) is 7. The van der Waals surface area contributed by atoms with Crippen LogP contribution in [0.25, 0.3) is 0 Å². The minimum absolute atomic E-state index is 0.0736. The highest BCUT2D eigenvalue weighted by Gasteiger charge is 2.41. The van der Waals surface area contributed by atoms with Crippen molar-refractivity contribution in [1.82, 2.24) is 10.3 Å². The second kappa shape index (κ2) is 12.8. The van der Waals surface area contributed by atoms with E-state index in [-0.39, 0.29) is 12.2 Å². The van der Waals surface area contributed by atoms with Crippen molar-refractivity contribution >= 4 is 57.1 Å². The van der Waals surface area contributed by atoms with Crippen LogP contribution in [-0.2, 0) is 27.2 Å². The first-order chi connectivity index (χ1) is 17.9. The van der Waals surface area contributed by atoms with Crippen molar-refractivity contribution in [3.63, 3.8) is 0 Å². The molecule has 0 fully saturated rings. The summed E-state index contributed by atoms with van der Waals surface area (Å²) in [6, 6.07) is 10.1. The highest BCUT2D eigenvalue weighted by molar-refractivity contribution is 14.1. The molecule has 0 saturated heterocycles. The summed E-state index contributed by atoms with van der Waals surface area (Å²) in [5.41, 5.74) is 1.79. The third kappa shape index (κ3) is 7.85. The van der Waals surface area contributed by atoms with E-state index in [9.17, 15) is 27.9 Å². The summed E-state index contributed by atoms with van der Waals surface area (Å²) in [6.45, 7) is 0. The van der Waals surface area contributed by atoms with E-state index in [1.165, 1.54) is 6.07 Å². The SMILES string of the molecule is COC(=O)[C@H](Cc1cc(I)c(Oc2ccc(O)c(Cc3ccc(OC)cn3)c2)c(I)c1)NC(=O)C(F)(F)F. The summed E-state index contributed by atoms with van der Waals surface area (Å²) < 4.78 is 55.1. The van der Waals surface area contributed by atoms with E-state index in [1.807, 2.05) is 45.2 Å². The minimum atomic E-state index is -5.14. The first kappa shape index (κ1) is 29.7. The zero-order chi connectivity index (χ0) is 28.0. The summed E-state index contributed by atoms with van der Waals surface area (Å²) in [7, 11) is 2.57. The predicted octanol–water partition coefficient (Wildman–Crippen LogP) is 5.15. The Labute approximate surface area is 243 Å². The van der Waals surface area contributed by atoms with Crippen LogP contribution in [0, 0.1) is 7.14 Å². The van der Waals surface area contributed by atoms with Crippen molar-refractivity contribution in [2.75, 3.05) is 14.2 Å². The minimum Gasteiger partial charge on any atom is -0.508 e. The van der Waals surface area contributed by atoms with E-state index in [2.05, 4.69) is 9.72 Å². The topological polar surface area (TPSA) is 107 Å². The number of nitrogens with zero attached hydrogens (tertiary/aromatic N) is 1. The number of alkyl halides is 3. The van der Waals surface area contributed by atoms with Gasteiger partial charge < -0.3 is 24.6 Å². The Morgan fingerprint density at radius 1 is 1.05 bits per heavy atom. The molecule has 13 heteroatoms. The molecule has 1 heterocycles. The Morgan fingerprint density at radius 2 is 1.71 bits per heavy atom. The normalized spacial score (nSPS) is 12.0. The van der Waals surface area contributed by atoms with Gasteiger partial charge in [0, 0.05) is 24.1 Å². The number of ether oxygens (including phenoxy) is 3. The molecule has 0 aliphatic heterocycles.